The predicted molar refractivity (Wildman–Crippen MR) is 341 cm³/mol. The summed E-state index contributed by atoms with van der Waals surface area (Å²) in [6, 6.07) is 18.3. The van der Waals surface area contributed by atoms with Gasteiger partial charge in [0, 0.05) is 111 Å². The molecule has 4 aliphatic carbocycles. The Labute approximate surface area is 544 Å². The number of aliphatic hydroxyl groups excluding tert-OH is 1. The zero-order valence-corrected chi connectivity index (χ0v) is 53.2. The maximum Gasteiger partial charge on any atom is 0.407 e. The number of carbonyl (C=O) groups excluding carboxylic acids is 5. The van der Waals surface area contributed by atoms with E-state index in [4.69, 9.17) is 33.8 Å². The van der Waals surface area contributed by atoms with Crippen LogP contribution in [0.2, 0.25) is 0 Å². The molecule has 12 rings (SSSR count). The Morgan fingerprint density at radius 3 is 2.35 bits per heavy atom. The van der Waals surface area contributed by atoms with Crippen molar-refractivity contribution in [2.24, 2.45) is 16.2 Å². The molecule has 2 aromatic heterocycles. The van der Waals surface area contributed by atoms with Gasteiger partial charge in [-0.2, -0.15) is 0 Å². The van der Waals surface area contributed by atoms with E-state index < -0.39 is 65.7 Å². The number of benzene rings is 3. The number of alkyl carbamates (subject to hydrolysis) is 1. The number of aliphatic carboxylic acids is 1. The van der Waals surface area contributed by atoms with Crippen molar-refractivity contribution in [1.82, 2.24) is 30.8 Å². The van der Waals surface area contributed by atoms with E-state index in [9.17, 15) is 48.9 Å². The molecule has 5 atom stereocenters. The first kappa shape index (κ1) is 66.6. The highest BCUT2D eigenvalue weighted by molar-refractivity contribution is 7.22. The van der Waals surface area contributed by atoms with Crippen LogP contribution in [0.3, 0.4) is 0 Å². The third-order valence-electron chi connectivity index (χ3n) is 18.2. The fraction of sp³-hybridized carbons (Fsp3) is 0.463. The van der Waals surface area contributed by atoms with Crippen molar-refractivity contribution < 1.29 is 81.7 Å². The van der Waals surface area contributed by atoms with E-state index in [1.54, 1.807) is 24.3 Å². The molecular weight excluding hydrogens is 1240 g/mol. The third kappa shape index (κ3) is 15.3. The monoisotopic (exact) mass is 1310 g/mol. The molecule has 25 nitrogen and oxygen atoms in total. The van der Waals surface area contributed by atoms with E-state index >= 15 is 4.39 Å². The number of aromatic carboxylic acids is 1. The van der Waals surface area contributed by atoms with Crippen LogP contribution in [-0.4, -0.2) is 161 Å². The molecule has 4 saturated carbocycles. The third-order valence-corrected chi connectivity index (χ3v) is 19.2. The van der Waals surface area contributed by atoms with Gasteiger partial charge in [-0.3, -0.25) is 29.4 Å². The highest BCUT2D eigenvalue weighted by atomic mass is 32.1. The van der Waals surface area contributed by atoms with E-state index in [-0.39, 0.29) is 135 Å². The summed E-state index contributed by atoms with van der Waals surface area (Å²) in [6.45, 7) is 7.82. The van der Waals surface area contributed by atoms with Crippen LogP contribution >= 0.6 is 11.3 Å². The molecule has 498 valence electrons. The number of aliphatic hydroxyl groups is 1. The maximum absolute atomic E-state index is 15.3. The van der Waals surface area contributed by atoms with E-state index in [1.807, 2.05) is 36.1 Å². The number of pyridine rings is 1. The number of carboxylic acid groups (broad SMARTS) is 2. The number of hydrogen-bond acceptors (Lipinski definition) is 20. The largest absolute Gasteiger partial charge is 0.491 e. The summed E-state index contributed by atoms with van der Waals surface area (Å²) in [4.78, 5) is 99.7. The van der Waals surface area contributed by atoms with Crippen LogP contribution in [-0.2, 0) is 57.7 Å². The molecule has 27 heteroatoms. The smallest absolute Gasteiger partial charge is 0.407 e. The first-order valence-electron chi connectivity index (χ1n) is 31.3. The molecule has 5 fully saturated rings. The average molecular weight is 1310 g/mol. The van der Waals surface area contributed by atoms with E-state index in [2.05, 4.69) is 45.1 Å². The van der Waals surface area contributed by atoms with Gasteiger partial charge < -0.3 is 70.0 Å². The number of halogens is 1. The second kappa shape index (κ2) is 28.0. The lowest BCUT2D eigenvalue weighted by Crippen LogP contribution is -2.65. The number of imide groups is 1. The second-order valence-corrected chi connectivity index (χ2v) is 26.9. The van der Waals surface area contributed by atoms with Crippen molar-refractivity contribution in [3.8, 4) is 11.5 Å². The van der Waals surface area contributed by atoms with Crippen molar-refractivity contribution in [2.75, 3.05) is 69.4 Å². The van der Waals surface area contributed by atoms with E-state index in [0.717, 1.165) is 72.0 Å². The van der Waals surface area contributed by atoms with Crippen LogP contribution in [0.25, 0.3) is 15.8 Å². The molecule has 5 amide bonds. The second-order valence-electron chi connectivity index (χ2n) is 25.9. The first-order valence-corrected chi connectivity index (χ1v) is 32.1. The minimum Gasteiger partial charge on any atom is -0.491 e. The number of amides is 5. The Morgan fingerprint density at radius 2 is 1.61 bits per heavy atom. The summed E-state index contributed by atoms with van der Waals surface area (Å²) in [5.41, 5.74) is 2.48. The summed E-state index contributed by atoms with van der Waals surface area (Å²) in [5.74, 6) is -3.91. The van der Waals surface area contributed by atoms with Crippen molar-refractivity contribution in [3.05, 3.63) is 124 Å². The van der Waals surface area contributed by atoms with Crippen LogP contribution in [0.15, 0.2) is 84.6 Å². The van der Waals surface area contributed by atoms with Crippen LogP contribution in [0.5, 0.6) is 11.5 Å². The van der Waals surface area contributed by atoms with Gasteiger partial charge in [-0.05, 0) is 128 Å². The number of nitrogens with zero attached hydrogens (tertiary/aromatic N) is 4. The van der Waals surface area contributed by atoms with Gasteiger partial charge in [0.05, 0.1) is 41.7 Å². The molecule has 7 aliphatic rings. The van der Waals surface area contributed by atoms with E-state index in [0.29, 0.717) is 52.0 Å². The molecule has 5 heterocycles. The number of carbonyl (C=O) groups is 7. The number of rotatable bonds is 28. The highest BCUT2D eigenvalue weighted by Gasteiger charge is 2.66. The molecule has 5 aromatic rings. The molecule has 94 heavy (non-hydrogen) atoms. The van der Waals surface area contributed by atoms with Crippen molar-refractivity contribution in [2.45, 2.75) is 122 Å². The van der Waals surface area contributed by atoms with Gasteiger partial charge >= 0.3 is 18.0 Å². The molecule has 3 aliphatic heterocycles. The molecule has 1 saturated heterocycles. The summed E-state index contributed by atoms with van der Waals surface area (Å²) < 4.78 is 52.0. The lowest BCUT2D eigenvalue weighted by molar-refractivity contribution is -0.242. The van der Waals surface area contributed by atoms with Gasteiger partial charge in [-0.1, -0.05) is 37.3 Å². The maximum atomic E-state index is 15.3. The van der Waals surface area contributed by atoms with Crippen molar-refractivity contribution >= 4 is 86.0 Å². The fourth-order valence-corrected chi connectivity index (χ4v) is 16.2. The van der Waals surface area contributed by atoms with Crippen LogP contribution in [0.4, 0.5) is 20.1 Å². The van der Waals surface area contributed by atoms with Gasteiger partial charge in [0.2, 0.25) is 12.2 Å². The minimum atomic E-state index is -1.29. The van der Waals surface area contributed by atoms with Gasteiger partial charge in [0.25, 0.3) is 17.7 Å². The Morgan fingerprint density at radius 1 is 0.851 bits per heavy atom. The van der Waals surface area contributed by atoms with Gasteiger partial charge in [-0.15, -0.1) is 0 Å². The van der Waals surface area contributed by atoms with Gasteiger partial charge in [0.15, 0.2) is 16.9 Å². The molecular formula is C67H76FN9O16S. The molecule has 2 unspecified atom stereocenters. The average Bonchev–Trinajstić information content (AvgIpc) is 0.811. The number of carboxylic acids is 2. The van der Waals surface area contributed by atoms with E-state index in [1.165, 1.54) is 29.5 Å². The molecule has 0 radical (unpaired) electrons. The summed E-state index contributed by atoms with van der Waals surface area (Å²) in [7, 11) is 0. The quantitative estimate of drug-likeness (QED) is 0.0136. The summed E-state index contributed by atoms with van der Waals surface area (Å²) in [5, 5.41) is 51.5. The number of allylic oxidation sites excluding steroid dienone is 2. The fourth-order valence-electron chi connectivity index (χ4n) is 15.4. The Kier molecular flexibility index (Phi) is 19.8. The number of fused-ring (bicyclic) bond motifs is 2. The van der Waals surface area contributed by atoms with Crippen LogP contribution in [0, 0.1) is 27.5 Å². The molecule has 4 bridgehead atoms. The Hall–Kier alpha value is -8.89. The van der Waals surface area contributed by atoms with Crippen LogP contribution in [0.1, 0.15) is 122 Å². The number of anilines is 2. The van der Waals surface area contributed by atoms with Crippen molar-refractivity contribution in [1.29, 1.82) is 5.41 Å². The SMILES string of the molecule is C/C(NCC12CC3(C)CC(C)(C1)CC(OCCNC(=O)OCc1ccc(O[C@H]4C[C@@H](O)C[C@@H](C(=O)O)O4)cc1OCCOCCNC(=O)CCN1C(=O)C=CC1=O)(C3)C2)=C(/C=N)c1ccc(N2CCc3c(F)ccc(C(=O)Nc4nc5ccccc5s4)c3C2)nc1C(=O)O. The predicted octanol–water partition coefficient (Wildman–Crippen LogP) is 7.53. The molecule has 8 N–H and O–H groups in total. The van der Waals surface area contributed by atoms with Crippen LogP contribution < -0.4 is 35.6 Å². The summed E-state index contributed by atoms with van der Waals surface area (Å²) >= 11 is 1.33. The lowest BCUT2D eigenvalue weighted by Gasteiger charge is -2.69. The number of para-hydroxylation sites is 1. The van der Waals surface area contributed by atoms with Crippen molar-refractivity contribution in [3.63, 3.8) is 0 Å². The normalized spacial score (nSPS) is 24.5. The topological polar surface area (TPSA) is 340 Å². The number of hydrogen-bond donors (Lipinski definition) is 8. The summed E-state index contributed by atoms with van der Waals surface area (Å²) in [6.07, 6.45) is 4.80. The van der Waals surface area contributed by atoms with Gasteiger partial charge in [-0.25, -0.2) is 28.7 Å². The lowest BCUT2D eigenvalue weighted by atomic mass is 9.39. The Bertz CT molecular complexity index is 3790. The molecule has 0 spiro atoms. The highest BCUT2D eigenvalue weighted by Crippen LogP contribution is 2.71. The number of ether oxygens (including phenoxy) is 6. The minimum absolute atomic E-state index is 0.0150. The van der Waals surface area contributed by atoms with Gasteiger partial charge in [0.1, 0.15) is 36.3 Å². The molecule has 3 aromatic carbocycles. The zero-order valence-electron chi connectivity index (χ0n) is 52.4. The number of nitrogens with one attached hydrogen (secondary N) is 5. The number of thiazole rings is 1. The Balaban J connectivity index is 0.688. The number of aromatic nitrogens is 2. The standard InChI is InChI=1S/C67H76FN9O16S/c1-39(46(29-69)44-11-13-53(74-58(44)61(85)86)76-20-16-43-47(30-76)45(10-12-48(43)68)59(82)75-62-73-49-6-4-5-7-52(49)94-62)72-38-66-33-64(2)32-65(3,34-66)36-67(35-64,37-66)91-23-19-71-63(87)90-31-40-8-9-42(92-57-27-41(78)26-51(93-57)60(83)84)28-50(40)89-25-24-88-22-18-70-54(79)17-21-77-55(80)14-15-56(77)81/h4-15,28-29,41,51,57,69,72,78H,16-27,30-38H2,1-3H3,(H,70,79)(H,71,87)(H,83,84)(H,85,86)(H,73,75,82)/b46-39+,69-29?/t41-,51-,57+,64?,65?,66?,67?/m0/s1. The zero-order chi connectivity index (χ0) is 66.5. The first-order chi connectivity index (χ1) is 45.0.